The predicted molar refractivity (Wildman–Crippen MR) is 103 cm³/mol. The summed E-state index contributed by atoms with van der Waals surface area (Å²) in [6.45, 7) is 0. The Hall–Kier alpha value is -3.22. The van der Waals surface area contributed by atoms with Crippen molar-refractivity contribution >= 4 is 11.6 Å². The third-order valence-corrected chi connectivity index (χ3v) is 4.38. The Morgan fingerprint density at radius 3 is 2.41 bits per heavy atom. The smallest absolute Gasteiger partial charge is 0.325 e. The number of carbonyl (C=O) groups excluding carboxylic acids is 1. The minimum Gasteiger partial charge on any atom is -0.325 e. The summed E-state index contributed by atoms with van der Waals surface area (Å²) < 4.78 is 52.9. The van der Waals surface area contributed by atoms with Crippen LogP contribution in [-0.2, 0) is 17.4 Å². The Morgan fingerprint density at radius 2 is 1.76 bits per heavy atom. The third kappa shape index (κ3) is 5.40. The molecule has 0 fully saturated rings. The fourth-order valence-electron chi connectivity index (χ4n) is 2.94. The Bertz CT molecular complexity index is 970. The van der Waals surface area contributed by atoms with Gasteiger partial charge in [-0.25, -0.2) is 4.39 Å². The van der Waals surface area contributed by atoms with Crippen molar-refractivity contribution in [2.75, 3.05) is 5.32 Å². The zero-order valence-electron chi connectivity index (χ0n) is 15.3. The number of hydrogen-bond acceptors (Lipinski definition) is 2. The number of aryl methyl sites for hydroxylation is 1. The van der Waals surface area contributed by atoms with Crippen molar-refractivity contribution in [2.45, 2.75) is 25.4 Å². The number of pyridine rings is 1. The molecular formula is C22H18F4N2O. The van der Waals surface area contributed by atoms with E-state index in [1.165, 1.54) is 12.1 Å². The number of anilines is 1. The number of halogens is 4. The number of carbonyl (C=O) groups is 1. The zero-order valence-corrected chi connectivity index (χ0v) is 15.3. The third-order valence-electron chi connectivity index (χ3n) is 4.38. The SMILES string of the molecule is O=C(CCCc1ccc(-c2cccc(C(F)(F)F)c2F)cc1)Nc1cccnc1. The number of nitrogens with one attached hydrogen (secondary N) is 1. The summed E-state index contributed by atoms with van der Waals surface area (Å²) in [6.07, 6.45) is -0.0292. The average molecular weight is 402 g/mol. The molecule has 0 aliphatic carbocycles. The van der Waals surface area contributed by atoms with Crippen LogP contribution in [0.4, 0.5) is 23.2 Å². The number of aromatic nitrogens is 1. The minimum absolute atomic E-state index is 0.0952. The van der Waals surface area contributed by atoms with Gasteiger partial charge in [0, 0.05) is 18.2 Å². The molecule has 29 heavy (non-hydrogen) atoms. The van der Waals surface area contributed by atoms with E-state index in [1.54, 1.807) is 48.8 Å². The van der Waals surface area contributed by atoms with Gasteiger partial charge in [-0.3, -0.25) is 9.78 Å². The summed E-state index contributed by atoms with van der Waals surface area (Å²) in [4.78, 5) is 15.8. The molecule has 0 atom stereocenters. The van der Waals surface area contributed by atoms with Gasteiger partial charge in [0.25, 0.3) is 0 Å². The van der Waals surface area contributed by atoms with E-state index in [-0.39, 0.29) is 11.5 Å². The highest BCUT2D eigenvalue weighted by Crippen LogP contribution is 2.35. The van der Waals surface area contributed by atoms with Gasteiger partial charge in [0.1, 0.15) is 5.82 Å². The molecule has 0 aliphatic heterocycles. The number of alkyl halides is 3. The summed E-state index contributed by atoms with van der Waals surface area (Å²) in [5.74, 6) is -1.40. The number of amides is 1. The van der Waals surface area contributed by atoms with Crippen LogP contribution in [0.15, 0.2) is 67.0 Å². The van der Waals surface area contributed by atoms with Crippen molar-refractivity contribution in [1.29, 1.82) is 0 Å². The first-order valence-electron chi connectivity index (χ1n) is 8.99. The van der Waals surface area contributed by atoms with E-state index in [0.717, 1.165) is 11.6 Å². The molecule has 1 amide bonds. The lowest BCUT2D eigenvalue weighted by atomic mass is 9.99. The Kier molecular flexibility index (Phi) is 6.26. The molecule has 1 aromatic heterocycles. The molecule has 150 valence electrons. The molecular weight excluding hydrogens is 384 g/mol. The molecule has 0 spiro atoms. The summed E-state index contributed by atoms with van der Waals surface area (Å²) in [5.41, 5.74) is 0.535. The van der Waals surface area contributed by atoms with E-state index in [2.05, 4.69) is 10.3 Å². The highest BCUT2D eigenvalue weighted by molar-refractivity contribution is 5.90. The lowest BCUT2D eigenvalue weighted by Crippen LogP contribution is -2.11. The van der Waals surface area contributed by atoms with E-state index in [1.807, 2.05) is 0 Å². The zero-order chi connectivity index (χ0) is 20.9. The maximum atomic E-state index is 14.3. The van der Waals surface area contributed by atoms with Crippen molar-refractivity contribution in [1.82, 2.24) is 4.98 Å². The molecule has 0 unspecified atom stereocenters. The van der Waals surface area contributed by atoms with Gasteiger partial charge in [-0.15, -0.1) is 0 Å². The van der Waals surface area contributed by atoms with Crippen LogP contribution in [0.3, 0.4) is 0 Å². The summed E-state index contributed by atoms with van der Waals surface area (Å²) >= 11 is 0. The summed E-state index contributed by atoms with van der Waals surface area (Å²) in [6, 6.07) is 13.3. The first kappa shape index (κ1) is 20.5. The Morgan fingerprint density at radius 1 is 1.00 bits per heavy atom. The van der Waals surface area contributed by atoms with Crippen molar-refractivity contribution in [2.24, 2.45) is 0 Å². The predicted octanol–water partition coefficient (Wildman–Crippen LogP) is 5.87. The second kappa shape index (κ2) is 8.86. The highest BCUT2D eigenvalue weighted by Gasteiger charge is 2.34. The van der Waals surface area contributed by atoms with Crippen LogP contribution in [0.25, 0.3) is 11.1 Å². The number of rotatable bonds is 6. The molecule has 3 nitrogen and oxygen atoms in total. The van der Waals surface area contributed by atoms with E-state index in [0.29, 0.717) is 30.5 Å². The quantitative estimate of drug-likeness (QED) is 0.524. The standard InChI is InChI=1S/C22H18F4N2O/c23-21-18(6-2-7-19(21)22(24,25)26)16-11-9-15(10-12-16)4-1-8-20(29)28-17-5-3-13-27-14-17/h2-3,5-7,9-14H,1,4,8H2,(H,28,29). The Labute approximate surface area is 165 Å². The molecule has 1 N–H and O–H groups in total. The van der Waals surface area contributed by atoms with Crippen LogP contribution in [0.2, 0.25) is 0 Å². The van der Waals surface area contributed by atoms with Crippen molar-refractivity contribution in [3.63, 3.8) is 0 Å². The van der Waals surface area contributed by atoms with Gasteiger partial charge in [-0.2, -0.15) is 13.2 Å². The lowest BCUT2D eigenvalue weighted by Gasteiger charge is -2.11. The topological polar surface area (TPSA) is 42.0 Å². The van der Waals surface area contributed by atoms with Crippen molar-refractivity contribution in [3.8, 4) is 11.1 Å². The molecule has 0 bridgehead atoms. The van der Waals surface area contributed by atoms with E-state index >= 15 is 0 Å². The van der Waals surface area contributed by atoms with Gasteiger partial charge >= 0.3 is 6.18 Å². The van der Waals surface area contributed by atoms with Crippen LogP contribution in [-0.4, -0.2) is 10.9 Å². The maximum Gasteiger partial charge on any atom is 0.419 e. The fourth-order valence-corrected chi connectivity index (χ4v) is 2.94. The monoisotopic (exact) mass is 402 g/mol. The number of benzene rings is 2. The van der Waals surface area contributed by atoms with E-state index in [9.17, 15) is 22.4 Å². The van der Waals surface area contributed by atoms with Gasteiger partial charge in [-0.1, -0.05) is 36.4 Å². The van der Waals surface area contributed by atoms with Crippen molar-refractivity contribution in [3.05, 3.63) is 83.9 Å². The van der Waals surface area contributed by atoms with Gasteiger partial charge in [-0.05, 0) is 42.2 Å². The molecule has 0 aliphatic rings. The fraction of sp³-hybridized carbons (Fsp3) is 0.182. The van der Waals surface area contributed by atoms with Gasteiger partial charge in [0.05, 0.1) is 17.4 Å². The maximum absolute atomic E-state index is 14.3. The highest BCUT2D eigenvalue weighted by atomic mass is 19.4. The normalized spacial score (nSPS) is 11.3. The van der Waals surface area contributed by atoms with E-state index in [4.69, 9.17) is 0 Å². The Balaban J connectivity index is 1.59. The summed E-state index contributed by atoms with van der Waals surface area (Å²) in [5, 5.41) is 2.75. The van der Waals surface area contributed by atoms with Gasteiger partial charge in [0.2, 0.25) is 5.91 Å². The molecule has 7 heteroatoms. The van der Waals surface area contributed by atoms with Crippen LogP contribution in [0, 0.1) is 5.82 Å². The average Bonchev–Trinajstić information content (AvgIpc) is 2.69. The number of nitrogens with zero attached hydrogens (tertiary/aromatic N) is 1. The minimum atomic E-state index is -4.74. The van der Waals surface area contributed by atoms with E-state index < -0.39 is 17.6 Å². The lowest BCUT2D eigenvalue weighted by molar-refractivity contribution is -0.139. The second-order valence-corrected chi connectivity index (χ2v) is 6.51. The number of hydrogen-bond donors (Lipinski definition) is 1. The molecule has 0 saturated heterocycles. The van der Waals surface area contributed by atoms with Crippen molar-refractivity contribution < 1.29 is 22.4 Å². The molecule has 0 saturated carbocycles. The van der Waals surface area contributed by atoms with Crippen LogP contribution < -0.4 is 5.32 Å². The first-order valence-corrected chi connectivity index (χ1v) is 8.99. The van der Waals surface area contributed by atoms with Crippen LogP contribution in [0.1, 0.15) is 24.0 Å². The molecule has 0 radical (unpaired) electrons. The van der Waals surface area contributed by atoms with Gasteiger partial charge < -0.3 is 5.32 Å². The largest absolute Gasteiger partial charge is 0.419 e. The van der Waals surface area contributed by atoms with Gasteiger partial charge in [0.15, 0.2) is 0 Å². The molecule has 1 heterocycles. The second-order valence-electron chi connectivity index (χ2n) is 6.51. The molecule has 2 aromatic carbocycles. The molecule has 3 aromatic rings. The van der Waals surface area contributed by atoms with Crippen LogP contribution in [0.5, 0.6) is 0 Å². The summed E-state index contributed by atoms with van der Waals surface area (Å²) in [7, 11) is 0. The molecule has 3 rings (SSSR count). The first-order chi connectivity index (χ1) is 13.8. The van der Waals surface area contributed by atoms with Crippen LogP contribution >= 0.6 is 0 Å².